The third-order valence-corrected chi connectivity index (χ3v) is 2.30. The SMILES string of the molecule is CNCc1nnc(Nc2c(F)cccc2Cl)o1. The lowest BCUT2D eigenvalue weighted by Crippen LogP contribution is -2.04. The minimum atomic E-state index is -0.481. The normalized spacial score (nSPS) is 10.5. The van der Waals surface area contributed by atoms with E-state index in [4.69, 9.17) is 16.0 Å². The van der Waals surface area contributed by atoms with Crippen molar-refractivity contribution in [3.8, 4) is 0 Å². The fourth-order valence-electron chi connectivity index (χ4n) is 1.25. The molecule has 0 unspecified atom stereocenters. The Balaban J connectivity index is 2.19. The van der Waals surface area contributed by atoms with E-state index in [1.165, 1.54) is 12.1 Å². The number of hydrogen-bond donors (Lipinski definition) is 2. The summed E-state index contributed by atoms with van der Waals surface area (Å²) in [5, 5.41) is 13.2. The van der Waals surface area contributed by atoms with Crippen molar-refractivity contribution in [2.45, 2.75) is 6.54 Å². The van der Waals surface area contributed by atoms with Crippen LogP contribution in [-0.2, 0) is 6.54 Å². The van der Waals surface area contributed by atoms with Gasteiger partial charge in [0.2, 0.25) is 5.89 Å². The molecule has 7 heteroatoms. The summed E-state index contributed by atoms with van der Waals surface area (Å²) in [6.45, 7) is 0.444. The van der Waals surface area contributed by atoms with E-state index >= 15 is 0 Å². The monoisotopic (exact) mass is 256 g/mol. The Hall–Kier alpha value is -1.66. The molecule has 0 spiro atoms. The number of benzene rings is 1. The lowest BCUT2D eigenvalue weighted by Gasteiger charge is -2.04. The van der Waals surface area contributed by atoms with Crippen molar-refractivity contribution in [2.24, 2.45) is 0 Å². The van der Waals surface area contributed by atoms with Crippen LogP contribution in [0.5, 0.6) is 0 Å². The predicted octanol–water partition coefficient (Wildman–Crippen LogP) is 2.33. The van der Waals surface area contributed by atoms with Crippen LogP contribution in [-0.4, -0.2) is 17.2 Å². The number of nitrogens with zero attached hydrogens (tertiary/aromatic N) is 2. The molecule has 1 aromatic heterocycles. The lowest BCUT2D eigenvalue weighted by atomic mass is 10.3. The fraction of sp³-hybridized carbons (Fsp3) is 0.200. The van der Waals surface area contributed by atoms with E-state index in [0.29, 0.717) is 12.4 Å². The summed E-state index contributed by atoms with van der Waals surface area (Å²) in [4.78, 5) is 0. The zero-order chi connectivity index (χ0) is 12.3. The maximum absolute atomic E-state index is 13.4. The summed E-state index contributed by atoms with van der Waals surface area (Å²) in [5.41, 5.74) is 0.119. The zero-order valence-electron chi connectivity index (χ0n) is 9.00. The van der Waals surface area contributed by atoms with Gasteiger partial charge < -0.3 is 15.1 Å². The number of hydrogen-bond acceptors (Lipinski definition) is 5. The average Bonchev–Trinajstić information content (AvgIpc) is 2.72. The van der Waals surface area contributed by atoms with Crippen molar-refractivity contribution in [1.29, 1.82) is 0 Å². The van der Waals surface area contributed by atoms with Gasteiger partial charge in [-0.25, -0.2) is 4.39 Å². The average molecular weight is 257 g/mol. The molecular weight excluding hydrogens is 247 g/mol. The lowest BCUT2D eigenvalue weighted by molar-refractivity contribution is 0.492. The third kappa shape index (κ3) is 2.72. The van der Waals surface area contributed by atoms with Crippen LogP contribution in [0.15, 0.2) is 22.6 Å². The third-order valence-electron chi connectivity index (χ3n) is 1.99. The smallest absolute Gasteiger partial charge is 0.320 e. The van der Waals surface area contributed by atoms with E-state index in [9.17, 15) is 4.39 Å². The number of anilines is 2. The first-order valence-corrected chi connectivity index (χ1v) is 5.26. The molecule has 0 atom stereocenters. The Kier molecular flexibility index (Phi) is 3.55. The molecule has 0 aliphatic heterocycles. The van der Waals surface area contributed by atoms with E-state index in [0.717, 1.165) is 0 Å². The highest BCUT2D eigenvalue weighted by atomic mass is 35.5. The topological polar surface area (TPSA) is 63.0 Å². The molecular formula is C10H10ClFN4O. The van der Waals surface area contributed by atoms with Gasteiger partial charge in [-0.3, -0.25) is 0 Å². The van der Waals surface area contributed by atoms with E-state index in [2.05, 4.69) is 20.8 Å². The Labute approximate surface area is 102 Å². The van der Waals surface area contributed by atoms with Crippen LogP contribution in [0.1, 0.15) is 5.89 Å². The van der Waals surface area contributed by atoms with Gasteiger partial charge in [0.05, 0.1) is 17.3 Å². The maximum atomic E-state index is 13.4. The molecule has 1 heterocycles. The first kappa shape index (κ1) is 11.8. The summed E-state index contributed by atoms with van der Waals surface area (Å²) in [6.07, 6.45) is 0. The molecule has 5 nitrogen and oxygen atoms in total. The van der Waals surface area contributed by atoms with Gasteiger partial charge in [-0.05, 0) is 19.2 Å². The van der Waals surface area contributed by atoms with E-state index in [1.54, 1.807) is 13.1 Å². The molecule has 90 valence electrons. The highest BCUT2D eigenvalue weighted by Gasteiger charge is 2.11. The predicted molar refractivity (Wildman–Crippen MR) is 61.8 cm³/mol. The molecule has 2 N–H and O–H groups in total. The maximum Gasteiger partial charge on any atom is 0.320 e. The number of nitrogens with one attached hydrogen (secondary N) is 2. The zero-order valence-corrected chi connectivity index (χ0v) is 9.75. The molecule has 0 saturated carbocycles. The van der Waals surface area contributed by atoms with Crippen molar-refractivity contribution >= 4 is 23.3 Å². The van der Waals surface area contributed by atoms with Crippen molar-refractivity contribution in [3.63, 3.8) is 0 Å². The van der Waals surface area contributed by atoms with Crippen LogP contribution in [0.4, 0.5) is 16.1 Å². The number of aromatic nitrogens is 2. The fourth-order valence-corrected chi connectivity index (χ4v) is 1.46. The molecule has 1 aromatic carbocycles. The van der Waals surface area contributed by atoms with Gasteiger partial charge in [0.15, 0.2) is 0 Å². The highest BCUT2D eigenvalue weighted by molar-refractivity contribution is 6.33. The van der Waals surface area contributed by atoms with Gasteiger partial charge in [0.25, 0.3) is 0 Å². The van der Waals surface area contributed by atoms with Crippen LogP contribution >= 0.6 is 11.6 Å². The van der Waals surface area contributed by atoms with Crippen LogP contribution < -0.4 is 10.6 Å². The summed E-state index contributed by atoms with van der Waals surface area (Å²) in [5.74, 6) is -0.0756. The minimum Gasteiger partial charge on any atom is -0.406 e. The Morgan fingerprint density at radius 2 is 2.24 bits per heavy atom. The van der Waals surface area contributed by atoms with Crippen LogP contribution in [0, 0.1) is 5.82 Å². The second-order valence-electron chi connectivity index (χ2n) is 3.25. The van der Waals surface area contributed by atoms with Crippen molar-refractivity contribution in [3.05, 3.63) is 34.9 Å². The van der Waals surface area contributed by atoms with Crippen LogP contribution in [0.3, 0.4) is 0 Å². The number of halogens is 2. The van der Waals surface area contributed by atoms with Crippen molar-refractivity contribution in [2.75, 3.05) is 12.4 Å². The first-order valence-electron chi connectivity index (χ1n) is 4.88. The standard InChI is InChI=1S/C10H10ClFN4O/c1-13-5-8-15-16-10(17-8)14-9-6(11)3-2-4-7(9)12/h2-4,13H,5H2,1H3,(H,14,16). The number of para-hydroxylation sites is 1. The van der Waals surface area contributed by atoms with E-state index in [1.807, 2.05) is 0 Å². The number of rotatable bonds is 4. The van der Waals surface area contributed by atoms with E-state index in [-0.39, 0.29) is 16.7 Å². The van der Waals surface area contributed by atoms with Gasteiger partial charge in [0.1, 0.15) is 5.82 Å². The summed E-state index contributed by atoms with van der Waals surface area (Å²) in [7, 11) is 1.75. The van der Waals surface area contributed by atoms with Gasteiger partial charge >= 0.3 is 6.01 Å². The first-order chi connectivity index (χ1) is 8.20. The largest absolute Gasteiger partial charge is 0.406 e. The van der Waals surface area contributed by atoms with Crippen molar-refractivity contribution < 1.29 is 8.81 Å². The Bertz CT molecular complexity index is 497. The molecule has 0 aliphatic rings. The quantitative estimate of drug-likeness (QED) is 0.879. The van der Waals surface area contributed by atoms with Gasteiger partial charge in [0, 0.05) is 0 Å². The van der Waals surface area contributed by atoms with Crippen molar-refractivity contribution in [1.82, 2.24) is 15.5 Å². The summed E-state index contributed by atoms with van der Waals surface area (Å²) >= 11 is 5.84. The van der Waals surface area contributed by atoms with Gasteiger partial charge in [-0.2, -0.15) is 0 Å². The molecule has 0 amide bonds. The van der Waals surface area contributed by atoms with Crippen LogP contribution in [0.25, 0.3) is 0 Å². The molecule has 2 aromatic rings. The Morgan fingerprint density at radius 1 is 1.41 bits per heavy atom. The second-order valence-corrected chi connectivity index (χ2v) is 3.66. The summed E-state index contributed by atoms with van der Waals surface area (Å²) < 4.78 is 18.7. The second kappa shape index (κ2) is 5.11. The van der Waals surface area contributed by atoms with E-state index < -0.39 is 5.82 Å². The molecule has 0 aliphatic carbocycles. The minimum absolute atomic E-state index is 0.0993. The van der Waals surface area contributed by atoms with Gasteiger partial charge in [-0.15, -0.1) is 5.10 Å². The molecule has 0 saturated heterocycles. The molecule has 0 fully saturated rings. The molecule has 0 bridgehead atoms. The molecule has 17 heavy (non-hydrogen) atoms. The highest BCUT2D eigenvalue weighted by Crippen LogP contribution is 2.27. The molecule has 0 radical (unpaired) electrons. The summed E-state index contributed by atoms with van der Waals surface area (Å²) in [6, 6.07) is 4.47. The van der Waals surface area contributed by atoms with Crippen LogP contribution in [0.2, 0.25) is 5.02 Å². The Morgan fingerprint density at radius 3 is 2.94 bits per heavy atom. The van der Waals surface area contributed by atoms with Gasteiger partial charge in [-0.1, -0.05) is 22.8 Å². The molecule has 2 rings (SSSR count).